The van der Waals surface area contributed by atoms with E-state index in [1.54, 1.807) is 17.0 Å². The minimum atomic E-state index is -0.468. The van der Waals surface area contributed by atoms with Crippen LogP contribution in [0.5, 0.6) is 0 Å². The fourth-order valence-electron chi connectivity index (χ4n) is 3.11. The molecule has 2 rings (SSSR count). The topological polar surface area (TPSA) is 108 Å². The predicted molar refractivity (Wildman–Crippen MR) is 103 cm³/mol. The standard InChI is InChI=1S/C18H27N5O4/c1-4-19-13(2)12-20-18(25)15-5-6-16(17(11-15)23(26)27)22-9-7-21(8-10-22)14(3)24/h5-6,11,13,19H,4,7-10,12H2,1-3H3,(H,20,25)/t13-/m1/s1. The summed E-state index contributed by atoms with van der Waals surface area (Å²) in [6.07, 6.45) is 0. The lowest BCUT2D eigenvalue weighted by molar-refractivity contribution is -0.384. The van der Waals surface area contributed by atoms with Crippen LogP contribution in [0, 0.1) is 10.1 Å². The van der Waals surface area contributed by atoms with Gasteiger partial charge in [0.15, 0.2) is 0 Å². The van der Waals surface area contributed by atoms with E-state index in [9.17, 15) is 19.7 Å². The third-order valence-corrected chi connectivity index (χ3v) is 4.62. The van der Waals surface area contributed by atoms with Crippen LogP contribution < -0.4 is 15.5 Å². The Morgan fingerprint density at radius 1 is 1.26 bits per heavy atom. The lowest BCUT2D eigenvalue weighted by Gasteiger charge is -2.35. The Labute approximate surface area is 158 Å². The number of anilines is 1. The van der Waals surface area contributed by atoms with Crippen molar-refractivity contribution in [3.05, 3.63) is 33.9 Å². The molecular formula is C18H27N5O4. The molecule has 0 saturated carbocycles. The largest absolute Gasteiger partial charge is 0.362 e. The lowest BCUT2D eigenvalue weighted by Crippen LogP contribution is -2.48. The number of rotatable bonds is 7. The first-order chi connectivity index (χ1) is 12.8. The van der Waals surface area contributed by atoms with Gasteiger partial charge in [0.25, 0.3) is 11.6 Å². The van der Waals surface area contributed by atoms with Crippen molar-refractivity contribution in [1.29, 1.82) is 0 Å². The molecule has 1 heterocycles. The van der Waals surface area contributed by atoms with E-state index in [1.807, 2.05) is 18.7 Å². The number of nitro benzene ring substituents is 1. The molecule has 2 amide bonds. The van der Waals surface area contributed by atoms with Gasteiger partial charge in [-0.05, 0) is 25.6 Å². The van der Waals surface area contributed by atoms with Crippen LogP contribution in [0.2, 0.25) is 0 Å². The molecule has 1 aliphatic heterocycles. The average molecular weight is 377 g/mol. The summed E-state index contributed by atoms with van der Waals surface area (Å²) in [5.41, 5.74) is 0.635. The number of nitrogens with zero attached hydrogens (tertiary/aromatic N) is 3. The smallest absolute Gasteiger partial charge is 0.293 e. The van der Waals surface area contributed by atoms with E-state index < -0.39 is 4.92 Å². The fraction of sp³-hybridized carbons (Fsp3) is 0.556. The number of benzene rings is 1. The Morgan fingerprint density at radius 2 is 1.93 bits per heavy atom. The normalized spacial score (nSPS) is 15.4. The molecule has 0 spiro atoms. The van der Waals surface area contributed by atoms with Crippen LogP contribution in [0.25, 0.3) is 0 Å². The number of likely N-dealkylation sites (N-methyl/N-ethyl adjacent to an activating group) is 1. The molecule has 1 fully saturated rings. The second kappa shape index (κ2) is 9.31. The molecule has 0 bridgehead atoms. The first-order valence-electron chi connectivity index (χ1n) is 9.14. The molecule has 1 saturated heterocycles. The van der Waals surface area contributed by atoms with Crippen molar-refractivity contribution in [3.63, 3.8) is 0 Å². The molecule has 0 aromatic heterocycles. The molecule has 0 radical (unpaired) electrons. The monoisotopic (exact) mass is 377 g/mol. The van der Waals surface area contributed by atoms with Crippen molar-refractivity contribution in [2.45, 2.75) is 26.8 Å². The number of hydrogen-bond donors (Lipinski definition) is 2. The average Bonchev–Trinajstić information content (AvgIpc) is 2.66. The van der Waals surface area contributed by atoms with Gasteiger partial charge < -0.3 is 20.4 Å². The van der Waals surface area contributed by atoms with Crippen LogP contribution in [0.1, 0.15) is 31.1 Å². The van der Waals surface area contributed by atoms with Gasteiger partial charge in [0.1, 0.15) is 5.69 Å². The van der Waals surface area contributed by atoms with Crippen molar-refractivity contribution >= 4 is 23.2 Å². The molecule has 148 valence electrons. The minimum absolute atomic E-state index is 0.00274. The number of carbonyl (C=O) groups is 2. The Hall–Kier alpha value is -2.68. The Bertz CT molecular complexity index is 701. The minimum Gasteiger partial charge on any atom is -0.362 e. The molecule has 9 nitrogen and oxygen atoms in total. The maximum absolute atomic E-state index is 12.3. The molecule has 0 aliphatic carbocycles. The summed E-state index contributed by atoms with van der Waals surface area (Å²) in [6, 6.07) is 4.66. The van der Waals surface area contributed by atoms with Crippen LogP contribution in [0.15, 0.2) is 18.2 Å². The molecule has 1 aromatic carbocycles. The van der Waals surface area contributed by atoms with E-state index in [1.165, 1.54) is 13.0 Å². The van der Waals surface area contributed by atoms with Crippen molar-refractivity contribution < 1.29 is 14.5 Å². The highest BCUT2D eigenvalue weighted by Crippen LogP contribution is 2.30. The molecular weight excluding hydrogens is 350 g/mol. The van der Waals surface area contributed by atoms with Gasteiger partial charge >= 0.3 is 0 Å². The number of amides is 2. The summed E-state index contributed by atoms with van der Waals surface area (Å²) >= 11 is 0. The van der Waals surface area contributed by atoms with Gasteiger partial charge in [0.2, 0.25) is 5.91 Å². The summed E-state index contributed by atoms with van der Waals surface area (Å²) < 4.78 is 0. The second-order valence-corrected chi connectivity index (χ2v) is 6.62. The molecule has 1 atom stereocenters. The van der Waals surface area contributed by atoms with E-state index in [0.717, 1.165) is 6.54 Å². The summed E-state index contributed by atoms with van der Waals surface area (Å²) in [4.78, 5) is 38.4. The number of carbonyl (C=O) groups excluding carboxylic acids is 2. The van der Waals surface area contributed by atoms with Gasteiger partial charge in [0.05, 0.1) is 4.92 Å². The van der Waals surface area contributed by atoms with Gasteiger partial charge in [-0.2, -0.15) is 0 Å². The van der Waals surface area contributed by atoms with E-state index in [-0.39, 0.29) is 29.1 Å². The first kappa shape index (κ1) is 20.6. The summed E-state index contributed by atoms with van der Waals surface area (Å²) in [6.45, 7) is 8.78. The molecule has 1 aromatic rings. The number of hydrogen-bond acceptors (Lipinski definition) is 6. The van der Waals surface area contributed by atoms with Gasteiger partial charge in [-0.3, -0.25) is 19.7 Å². The number of nitrogens with one attached hydrogen (secondary N) is 2. The van der Waals surface area contributed by atoms with Gasteiger partial charge in [-0.1, -0.05) is 6.92 Å². The first-order valence-corrected chi connectivity index (χ1v) is 9.14. The van der Waals surface area contributed by atoms with Gasteiger partial charge in [0, 0.05) is 57.3 Å². The summed E-state index contributed by atoms with van der Waals surface area (Å²) in [7, 11) is 0. The van der Waals surface area contributed by atoms with Crippen LogP contribution >= 0.6 is 0 Å². The molecule has 9 heteroatoms. The zero-order chi connectivity index (χ0) is 20.0. The Kier molecular flexibility index (Phi) is 7.12. The fourth-order valence-corrected chi connectivity index (χ4v) is 3.11. The highest BCUT2D eigenvalue weighted by molar-refractivity contribution is 5.95. The van der Waals surface area contributed by atoms with Crippen molar-refractivity contribution in [2.75, 3.05) is 44.2 Å². The van der Waals surface area contributed by atoms with Crippen LogP contribution in [-0.4, -0.2) is 66.9 Å². The van der Waals surface area contributed by atoms with Gasteiger partial charge in [-0.25, -0.2) is 0 Å². The van der Waals surface area contributed by atoms with E-state index in [0.29, 0.717) is 38.4 Å². The quantitative estimate of drug-likeness (QED) is 0.542. The van der Waals surface area contributed by atoms with Crippen molar-refractivity contribution in [2.24, 2.45) is 0 Å². The number of piperazine rings is 1. The Morgan fingerprint density at radius 3 is 2.48 bits per heavy atom. The van der Waals surface area contributed by atoms with E-state index >= 15 is 0 Å². The second-order valence-electron chi connectivity index (χ2n) is 6.62. The molecule has 27 heavy (non-hydrogen) atoms. The van der Waals surface area contributed by atoms with Crippen molar-refractivity contribution in [1.82, 2.24) is 15.5 Å². The third-order valence-electron chi connectivity index (χ3n) is 4.62. The summed E-state index contributed by atoms with van der Waals surface area (Å²) in [5, 5.41) is 17.5. The van der Waals surface area contributed by atoms with Crippen LogP contribution in [0.3, 0.4) is 0 Å². The predicted octanol–water partition coefficient (Wildman–Crippen LogP) is 0.991. The van der Waals surface area contributed by atoms with Gasteiger partial charge in [-0.15, -0.1) is 0 Å². The molecule has 0 unspecified atom stereocenters. The van der Waals surface area contributed by atoms with Crippen LogP contribution in [0.4, 0.5) is 11.4 Å². The zero-order valence-corrected chi connectivity index (χ0v) is 16.0. The van der Waals surface area contributed by atoms with E-state index in [2.05, 4.69) is 10.6 Å². The Balaban J connectivity index is 2.11. The molecule has 1 aliphatic rings. The highest BCUT2D eigenvalue weighted by Gasteiger charge is 2.25. The molecule has 2 N–H and O–H groups in total. The summed E-state index contributed by atoms with van der Waals surface area (Å²) in [5.74, 6) is -0.334. The highest BCUT2D eigenvalue weighted by atomic mass is 16.6. The maximum Gasteiger partial charge on any atom is 0.293 e. The van der Waals surface area contributed by atoms with Crippen molar-refractivity contribution in [3.8, 4) is 0 Å². The lowest BCUT2D eigenvalue weighted by atomic mass is 10.1. The maximum atomic E-state index is 12.3. The third kappa shape index (κ3) is 5.40. The number of nitro groups is 1. The van der Waals surface area contributed by atoms with Crippen LogP contribution in [-0.2, 0) is 4.79 Å². The SMILES string of the molecule is CCN[C@H](C)CNC(=O)c1ccc(N2CCN(C(C)=O)CC2)c([N+](=O)[O-])c1. The van der Waals surface area contributed by atoms with E-state index in [4.69, 9.17) is 0 Å². The zero-order valence-electron chi connectivity index (χ0n) is 16.0.